The van der Waals surface area contributed by atoms with Crippen molar-refractivity contribution < 1.29 is 25.2 Å². The minimum Gasteiger partial charge on any atom is -0.481 e. The zero-order valence-electron chi connectivity index (χ0n) is 15.9. The Morgan fingerprint density at radius 2 is 1.48 bits per heavy atom. The van der Waals surface area contributed by atoms with E-state index in [-0.39, 0.29) is 12.8 Å². The first kappa shape index (κ1) is 24.8. The third-order valence-corrected chi connectivity index (χ3v) is 3.46. The SMILES string of the molecule is CC/C=C\C[C@@H](O)/C=C\C=C\C/C=C/C=C/C=C/C(O)[C@@H](O)CCC(=O)O. The zero-order chi connectivity index (χ0) is 20.3. The Bertz CT molecular complexity index is 555. The van der Waals surface area contributed by atoms with Gasteiger partial charge in [-0.25, -0.2) is 0 Å². The molecule has 27 heavy (non-hydrogen) atoms. The first-order chi connectivity index (χ1) is 13.0. The van der Waals surface area contributed by atoms with Crippen molar-refractivity contribution in [2.45, 2.75) is 57.3 Å². The standard InChI is InChI=1S/C22H32O5/c1-2-3-11-14-19(23)15-12-9-7-5-4-6-8-10-13-16-20(24)21(25)17-18-22(26)27/h3-4,6-13,15-16,19-21,23-25H,2,5,14,17-18H2,1H3,(H,26,27)/b6-4+,9-7+,10-8+,11-3-,15-12-,16-13+/t19-,20?,21+/m1/s1. The van der Waals surface area contributed by atoms with Crippen LogP contribution in [0.1, 0.15) is 39.0 Å². The van der Waals surface area contributed by atoms with Gasteiger partial charge in [-0.1, -0.05) is 79.8 Å². The van der Waals surface area contributed by atoms with Crippen LogP contribution in [0.15, 0.2) is 72.9 Å². The summed E-state index contributed by atoms with van der Waals surface area (Å²) in [5.74, 6) is -1.000. The third-order valence-electron chi connectivity index (χ3n) is 3.46. The Labute approximate surface area is 162 Å². The highest BCUT2D eigenvalue weighted by molar-refractivity contribution is 5.66. The van der Waals surface area contributed by atoms with Gasteiger partial charge in [0.25, 0.3) is 0 Å². The van der Waals surface area contributed by atoms with E-state index in [1.54, 1.807) is 24.3 Å². The Kier molecular flexibility index (Phi) is 15.8. The highest BCUT2D eigenvalue weighted by Gasteiger charge is 2.13. The van der Waals surface area contributed by atoms with E-state index in [1.165, 1.54) is 6.08 Å². The van der Waals surface area contributed by atoms with E-state index >= 15 is 0 Å². The normalized spacial score (nSPS) is 16.6. The van der Waals surface area contributed by atoms with E-state index in [9.17, 15) is 20.1 Å². The Morgan fingerprint density at radius 1 is 0.852 bits per heavy atom. The molecule has 0 aliphatic heterocycles. The van der Waals surface area contributed by atoms with Gasteiger partial charge in [0.2, 0.25) is 0 Å². The Morgan fingerprint density at radius 3 is 2.15 bits per heavy atom. The van der Waals surface area contributed by atoms with Crippen LogP contribution in [-0.2, 0) is 4.79 Å². The summed E-state index contributed by atoms with van der Waals surface area (Å²) in [5, 5.41) is 37.4. The third kappa shape index (κ3) is 17.0. The van der Waals surface area contributed by atoms with Crippen LogP contribution < -0.4 is 0 Å². The van der Waals surface area contributed by atoms with E-state index in [2.05, 4.69) is 6.92 Å². The van der Waals surface area contributed by atoms with Gasteiger partial charge in [-0.05, 0) is 25.7 Å². The maximum Gasteiger partial charge on any atom is 0.303 e. The molecule has 150 valence electrons. The number of allylic oxidation sites excluding steroid dienone is 9. The number of aliphatic hydroxyl groups is 3. The molecule has 0 heterocycles. The minimum atomic E-state index is -1.08. The average molecular weight is 376 g/mol. The van der Waals surface area contributed by atoms with Crippen molar-refractivity contribution in [3.8, 4) is 0 Å². The first-order valence-corrected chi connectivity index (χ1v) is 9.21. The average Bonchev–Trinajstić information content (AvgIpc) is 2.64. The summed E-state index contributed by atoms with van der Waals surface area (Å²) in [7, 11) is 0. The molecular formula is C22H32O5. The lowest BCUT2D eigenvalue weighted by Crippen LogP contribution is -2.24. The number of rotatable bonds is 14. The molecule has 0 spiro atoms. The van der Waals surface area contributed by atoms with Gasteiger partial charge in [-0.15, -0.1) is 0 Å². The fourth-order valence-corrected chi connectivity index (χ4v) is 1.94. The highest BCUT2D eigenvalue weighted by atomic mass is 16.4. The van der Waals surface area contributed by atoms with Crippen LogP contribution in [-0.4, -0.2) is 44.7 Å². The van der Waals surface area contributed by atoms with Gasteiger partial charge in [0, 0.05) is 6.42 Å². The van der Waals surface area contributed by atoms with Crippen molar-refractivity contribution in [2.24, 2.45) is 0 Å². The molecule has 0 aromatic rings. The predicted octanol–water partition coefficient (Wildman–Crippen LogP) is 3.46. The van der Waals surface area contributed by atoms with Crippen LogP contribution in [0.4, 0.5) is 0 Å². The molecule has 0 amide bonds. The van der Waals surface area contributed by atoms with Crippen molar-refractivity contribution in [3.63, 3.8) is 0 Å². The molecule has 0 rings (SSSR count). The molecule has 0 fully saturated rings. The van der Waals surface area contributed by atoms with Gasteiger partial charge in [-0.3, -0.25) is 4.79 Å². The molecule has 0 bridgehead atoms. The minimum absolute atomic E-state index is 0.0116. The number of aliphatic hydroxyl groups excluding tert-OH is 3. The molecule has 0 aromatic heterocycles. The van der Waals surface area contributed by atoms with Crippen molar-refractivity contribution >= 4 is 5.97 Å². The van der Waals surface area contributed by atoms with Crippen molar-refractivity contribution in [3.05, 3.63) is 72.9 Å². The molecule has 0 saturated carbocycles. The second-order valence-electron chi connectivity index (χ2n) is 5.92. The summed E-state index contributed by atoms with van der Waals surface area (Å²) in [6.45, 7) is 2.05. The van der Waals surface area contributed by atoms with E-state index in [1.807, 2.05) is 42.5 Å². The quantitative estimate of drug-likeness (QED) is 0.275. The topological polar surface area (TPSA) is 98.0 Å². The first-order valence-electron chi connectivity index (χ1n) is 9.21. The summed E-state index contributed by atoms with van der Waals surface area (Å²) in [6.07, 6.45) is 21.3. The zero-order valence-corrected chi connectivity index (χ0v) is 15.9. The summed E-state index contributed by atoms with van der Waals surface area (Å²) in [6, 6.07) is 0. The highest BCUT2D eigenvalue weighted by Crippen LogP contribution is 2.04. The Balaban J connectivity index is 3.98. The predicted molar refractivity (Wildman–Crippen MR) is 109 cm³/mol. The van der Waals surface area contributed by atoms with Crippen LogP contribution in [0.2, 0.25) is 0 Å². The van der Waals surface area contributed by atoms with E-state index in [0.717, 1.165) is 12.8 Å². The second-order valence-corrected chi connectivity index (χ2v) is 5.92. The lowest BCUT2D eigenvalue weighted by molar-refractivity contribution is -0.137. The van der Waals surface area contributed by atoms with Crippen molar-refractivity contribution in [1.82, 2.24) is 0 Å². The largest absolute Gasteiger partial charge is 0.481 e. The fourth-order valence-electron chi connectivity index (χ4n) is 1.94. The Hall–Kier alpha value is -2.21. The lowest BCUT2D eigenvalue weighted by atomic mass is 10.1. The smallest absolute Gasteiger partial charge is 0.303 e. The number of carboxylic acid groups (broad SMARTS) is 1. The molecule has 0 radical (unpaired) electrons. The molecule has 1 unspecified atom stereocenters. The molecule has 4 N–H and O–H groups in total. The molecule has 0 saturated heterocycles. The fraction of sp³-hybridized carbons (Fsp3) is 0.409. The van der Waals surface area contributed by atoms with Crippen LogP contribution in [0, 0.1) is 0 Å². The van der Waals surface area contributed by atoms with Crippen LogP contribution >= 0.6 is 0 Å². The number of carbonyl (C=O) groups is 1. The summed E-state index contributed by atoms with van der Waals surface area (Å²) in [4.78, 5) is 10.4. The molecule has 0 aliphatic carbocycles. The van der Waals surface area contributed by atoms with E-state index < -0.39 is 24.3 Å². The van der Waals surface area contributed by atoms with Gasteiger partial charge in [0.05, 0.1) is 18.3 Å². The number of hydrogen-bond acceptors (Lipinski definition) is 4. The number of aliphatic carboxylic acids is 1. The maximum absolute atomic E-state index is 10.4. The molecule has 3 atom stereocenters. The van der Waals surface area contributed by atoms with Gasteiger partial charge >= 0.3 is 5.97 Å². The molecule has 5 heteroatoms. The summed E-state index contributed by atoms with van der Waals surface area (Å²) in [5.41, 5.74) is 0. The number of carboxylic acids is 1. The van der Waals surface area contributed by atoms with Crippen LogP contribution in [0.25, 0.3) is 0 Å². The van der Waals surface area contributed by atoms with Crippen molar-refractivity contribution in [2.75, 3.05) is 0 Å². The molecule has 5 nitrogen and oxygen atoms in total. The monoisotopic (exact) mass is 376 g/mol. The van der Waals surface area contributed by atoms with Crippen molar-refractivity contribution in [1.29, 1.82) is 0 Å². The van der Waals surface area contributed by atoms with Gasteiger partial charge in [0.1, 0.15) is 0 Å². The maximum atomic E-state index is 10.4. The van der Waals surface area contributed by atoms with Gasteiger partial charge < -0.3 is 20.4 Å². The van der Waals surface area contributed by atoms with Gasteiger partial charge in [-0.2, -0.15) is 0 Å². The summed E-state index contributed by atoms with van der Waals surface area (Å²) < 4.78 is 0. The number of hydrogen-bond donors (Lipinski definition) is 4. The van der Waals surface area contributed by atoms with E-state index in [4.69, 9.17) is 5.11 Å². The van der Waals surface area contributed by atoms with Gasteiger partial charge in [0.15, 0.2) is 0 Å². The second kappa shape index (κ2) is 17.2. The molecular weight excluding hydrogens is 344 g/mol. The van der Waals surface area contributed by atoms with Crippen LogP contribution in [0.5, 0.6) is 0 Å². The molecule has 0 aliphatic rings. The summed E-state index contributed by atoms with van der Waals surface area (Å²) >= 11 is 0. The lowest BCUT2D eigenvalue weighted by Gasteiger charge is -2.12. The van der Waals surface area contributed by atoms with Crippen LogP contribution in [0.3, 0.4) is 0 Å². The molecule has 0 aromatic carbocycles. The van der Waals surface area contributed by atoms with E-state index in [0.29, 0.717) is 6.42 Å².